The van der Waals surface area contributed by atoms with E-state index in [9.17, 15) is 14.3 Å². The van der Waals surface area contributed by atoms with E-state index in [1.165, 1.54) is 19.2 Å². The highest BCUT2D eigenvalue weighted by Gasteiger charge is 2.56. The number of fused-ring (bicyclic) bond motifs is 2. The lowest BCUT2D eigenvalue weighted by molar-refractivity contribution is -0.0441. The Morgan fingerprint density at radius 3 is 2.89 bits per heavy atom. The minimum absolute atomic E-state index is 0.100. The molecule has 4 fully saturated rings. The Morgan fingerprint density at radius 1 is 1.29 bits per heavy atom. The van der Waals surface area contributed by atoms with E-state index < -0.39 is 11.7 Å². The zero-order valence-corrected chi connectivity index (χ0v) is 19.6. The van der Waals surface area contributed by atoms with E-state index in [-0.39, 0.29) is 36.2 Å². The van der Waals surface area contributed by atoms with Crippen molar-refractivity contribution in [2.75, 3.05) is 33.6 Å². The fourth-order valence-electron chi connectivity index (χ4n) is 6.17. The molecule has 2 saturated heterocycles. The van der Waals surface area contributed by atoms with Crippen LogP contribution in [0.15, 0.2) is 36.4 Å². The third-order valence-electron chi connectivity index (χ3n) is 8.11. The number of aliphatic hydroxyl groups is 1. The monoisotopic (exact) mass is 484 g/mol. The molecule has 186 valence electrons. The first-order valence-electron chi connectivity index (χ1n) is 12.2. The van der Waals surface area contributed by atoms with Gasteiger partial charge in [-0.05, 0) is 60.4 Å². The van der Waals surface area contributed by atoms with Crippen LogP contribution in [0.5, 0.6) is 11.6 Å². The molecule has 2 aliphatic heterocycles. The molecular weight excluding hydrogens is 455 g/mol. The van der Waals surface area contributed by atoms with E-state index in [4.69, 9.17) is 18.9 Å². The quantitative estimate of drug-likeness (QED) is 0.674. The van der Waals surface area contributed by atoms with Crippen LogP contribution in [0.3, 0.4) is 0 Å². The highest BCUT2D eigenvalue weighted by atomic mass is 19.1. The number of halogens is 1. The molecule has 4 aliphatic rings. The maximum Gasteiger partial charge on any atom is 0.272 e. The van der Waals surface area contributed by atoms with Crippen LogP contribution < -0.4 is 9.47 Å². The predicted molar refractivity (Wildman–Crippen MR) is 121 cm³/mol. The van der Waals surface area contributed by atoms with Gasteiger partial charge in [-0.25, -0.2) is 9.37 Å². The van der Waals surface area contributed by atoms with Crippen LogP contribution in [0.2, 0.25) is 0 Å². The number of methoxy groups -OCH3 is 1. The molecule has 1 amide bonds. The minimum atomic E-state index is -0.765. The Labute approximate surface area is 202 Å². The summed E-state index contributed by atoms with van der Waals surface area (Å²) in [6.45, 7) is 1.39. The van der Waals surface area contributed by atoms with Crippen LogP contribution in [-0.2, 0) is 15.1 Å². The summed E-state index contributed by atoms with van der Waals surface area (Å²) in [5, 5.41) is 9.70. The number of aliphatic hydroxyl groups excluding tert-OH is 1. The molecule has 2 saturated carbocycles. The third kappa shape index (κ3) is 3.95. The molecule has 8 nitrogen and oxygen atoms in total. The van der Waals surface area contributed by atoms with Gasteiger partial charge in [0.05, 0.1) is 26.4 Å². The average Bonchev–Trinajstić information content (AvgIpc) is 3.19. The smallest absolute Gasteiger partial charge is 0.272 e. The normalized spacial score (nSPS) is 33.2. The van der Waals surface area contributed by atoms with Crippen molar-refractivity contribution in [1.29, 1.82) is 0 Å². The number of carbonyl (C=O) groups excluding carboxylic acids is 1. The van der Waals surface area contributed by atoms with Crippen LogP contribution in [0.25, 0.3) is 0 Å². The van der Waals surface area contributed by atoms with Gasteiger partial charge in [-0.15, -0.1) is 0 Å². The summed E-state index contributed by atoms with van der Waals surface area (Å²) in [5.41, 5.74) is 0.222. The van der Waals surface area contributed by atoms with Crippen molar-refractivity contribution in [2.45, 2.75) is 37.1 Å². The van der Waals surface area contributed by atoms with Crippen LogP contribution in [0.4, 0.5) is 4.39 Å². The molecule has 6 rings (SSSR count). The number of nitrogens with zero attached hydrogens (tertiary/aromatic N) is 2. The summed E-state index contributed by atoms with van der Waals surface area (Å²) in [6, 6.07) is 9.75. The zero-order chi connectivity index (χ0) is 24.2. The van der Waals surface area contributed by atoms with Crippen molar-refractivity contribution in [3.8, 4) is 11.6 Å². The Hall–Kier alpha value is -2.75. The van der Waals surface area contributed by atoms with Crippen LogP contribution in [-0.4, -0.2) is 66.7 Å². The number of rotatable bonds is 6. The molecule has 2 unspecified atom stereocenters. The topological polar surface area (TPSA) is 90.4 Å². The second kappa shape index (κ2) is 8.72. The molecule has 1 N–H and O–H groups in total. The first-order valence-corrected chi connectivity index (χ1v) is 12.2. The second-order valence-electron chi connectivity index (χ2n) is 9.95. The number of piperidine rings is 1. The number of ether oxygens (including phenoxy) is 4. The van der Waals surface area contributed by atoms with Gasteiger partial charge >= 0.3 is 0 Å². The lowest BCUT2D eigenvalue weighted by Crippen LogP contribution is -2.53. The maximum absolute atomic E-state index is 13.9. The zero-order valence-electron chi connectivity index (χ0n) is 19.6. The summed E-state index contributed by atoms with van der Waals surface area (Å²) in [4.78, 5) is 19.4. The Morgan fingerprint density at radius 2 is 2.11 bits per heavy atom. The summed E-state index contributed by atoms with van der Waals surface area (Å²) in [5.74, 6) is 1.77. The van der Waals surface area contributed by atoms with Crippen molar-refractivity contribution in [3.63, 3.8) is 0 Å². The molecule has 2 aromatic rings. The fraction of sp³-hybridized carbons (Fsp3) is 0.538. The number of aromatic nitrogens is 1. The van der Waals surface area contributed by atoms with Gasteiger partial charge in [0.1, 0.15) is 30.0 Å². The van der Waals surface area contributed by atoms with E-state index in [2.05, 4.69) is 4.98 Å². The standard InChI is InChI=1S/C26H29FN2O6/c1-32-24-22(33-13-20-18-10-17(30)11-19(18)20)6-5-21(28-24)25(31)29-8-7-26(23(12-29)34-14-35-26)15-3-2-4-16(27)9-15/h2-6,9,17-20,23,30H,7-8,10-14H2,1H3/t17?,18?,19?,20?,23-,26-/m1/s1. The molecular formula is C26H29FN2O6. The van der Waals surface area contributed by atoms with E-state index >= 15 is 0 Å². The van der Waals surface area contributed by atoms with Gasteiger partial charge in [-0.3, -0.25) is 4.79 Å². The van der Waals surface area contributed by atoms with Gasteiger partial charge in [-0.1, -0.05) is 12.1 Å². The summed E-state index contributed by atoms with van der Waals surface area (Å²) >= 11 is 0. The molecule has 2 aliphatic carbocycles. The van der Waals surface area contributed by atoms with Crippen LogP contribution in [0.1, 0.15) is 35.3 Å². The molecule has 35 heavy (non-hydrogen) atoms. The molecule has 9 heteroatoms. The van der Waals surface area contributed by atoms with E-state index in [0.717, 1.165) is 18.4 Å². The molecule has 3 heterocycles. The van der Waals surface area contributed by atoms with Crippen LogP contribution in [0, 0.1) is 23.6 Å². The fourth-order valence-corrected chi connectivity index (χ4v) is 6.17. The largest absolute Gasteiger partial charge is 0.488 e. The molecule has 0 radical (unpaired) electrons. The number of carbonyl (C=O) groups is 1. The van der Waals surface area contributed by atoms with Gasteiger partial charge in [-0.2, -0.15) is 0 Å². The van der Waals surface area contributed by atoms with Crippen molar-refractivity contribution in [1.82, 2.24) is 9.88 Å². The number of likely N-dealkylation sites (tertiary alicyclic amines) is 1. The van der Waals surface area contributed by atoms with Crippen molar-refractivity contribution in [2.24, 2.45) is 17.8 Å². The lowest BCUT2D eigenvalue weighted by atomic mass is 9.82. The summed E-state index contributed by atoms with van der Waals surface area (Å²) < 4.78 is 37.0. The molecule has 4 atom stereocenters. The summed E-state index contributed by atoms with van der Waals surface area (Å²) in [6.07, 6.45) is 1.63. The van der Waals surface area contributed by atoms with Crippen molar-refractivity contribution < 1.29 is 33.2 Å². The number of benzene rings is 1. The molecule has 0 bridgehead atoms. The van der Waals surface area contributed by atoms with Gasteiger partial charge in [0.25, 0.3) is 11.8 Å². The number of hydrogen-bond donors (Lipinski definition) is 1. The van der Waals surface area contributed by atoms with E-state index in [1.807, 2.05) is 6.07 Å². The first-order chi connectivity index (χ1) is 17.0. The second-order valence-corrected chi connectivity index (χ2v) is 9.95. The average molecular weight is 485 g/mol. The SMILES string of the molecule is COc1nc(C(=O)N2CC[C@]3(c4cccc(F)c4)OCO[C@@H]3C2)ccc1OCC1C2CC(O)CC12. The third-order valence-corrected chi connectivity index (χ3v) is 8.11. The van der Waals surface area contributed by atoms with Crippen molar-refractivity contribution in [3.05, 3.63) is 53.5 Å². The van der Waals surface area contributed by atoms with Gasteiger partial charge in [0, 0.05) is 13.0 Å². The van der Waals surface area contributed by atoms with E-state index in [0.29, 0.717) is 49.6 Å². The van der Waals surface area contributed by atoms with Crippen LogP contribution >= 0.6 is 0 Å². The predicted octanol–water partition coefficient (Wildman–Crippen LogP) is 2.74. The van der Waals surface area contributed by atoms with Gasteiger partial charge in [0.15, 0.2) is 5.75 Å². The number of amides is 1. The Balaban J connectivity index is 1.13. The number of pyridine rings is 1. The van der Waals surface area contributed by atoms with Crippen molar-refractivity contribution >= 4 is 5.91 Å². The van der Waals surface area contributed by atoms with E-state index in [1.54, 1.807) is 23.1 Å². The van der Waals surface area contributed by atoms with Gasteiger partial charge < -0.3 is 29.0 Å². The Kier molecular flexibility index (Phi) is 5.66. The molecule has 1 aromatic carbocycles. The lowest BCUT2D eigenvalue weighted by Gasteiger charge is -2.41. The highest BCUT2D eigenvalue weighted by Crippen LogP contribution is 2.57. The number of hydrogen-bond acceptors (Lipinski definition) is 7. The van der Waals surface area contributed by atoms with Gasteiger partial charge in [0.2, 0.25) is 0 Å². The summed E-state index contributed by atoms with van der Waals surface area (Å²) in [7, 11) is 1.50. The first kappa shape index (κ1) is 22.7. The maximum atomic E-state index is 13.9. The highest BCUT2D eigenvalue weighted by molar-refractivity contribution is 5.92. The molecule has 1 aromatic heterocycles. The Bertz CT molecular complexity index is 1120. The molecule has 0 spiro atoms. The minimum Gasteiger partial charge on any atom is -0.488 e.